The van der Waals surface area contributed by atoms with Gasteiger partial charge in [0.15, 0.2) is 0 Å². The standard InChI is InChI=1S/C19H24N2O2S/c1-11(2)14-8-15(12(3)4)18(22)16(9-14)19(23)21-20-10-17-13(5)6-7-24-17/h6-12,22H,1-5H3,(H,21,23). The van der Waals surface area contributed by atoms with E-state index >= 15 is 0 Å². The zero-order chi connectivity index (χ0) is 17.9. The van der Waals surface area contributed by atoms with E-state index in [1.54, 1.807) is 23.6 Å². The third-order valence-electron chi connectivity index (χ3n) is 3.94. The van der Waals surface area contributed by atoms with Crippen LogP contribution in [0.4, 0.5) is 0 Å². The normalized spacial score (nSPS) is 11.6. The maximum atomic E-state index is 12.4. The van der Waals surface area contributed by atoms with Crippen molar-refractivity contribution in [1.29, 1.82) is 0 Å². The van der Waals surface area contributed by atoms with Crippen LogP contribution < -0.4 is 5.43 Å². The minimum absolute atomic E-state index is 0.0365. The van der Waals surface area contributed by atoms with Crippen LogP contribution in [0.5, 0.6) is 5.75 Å². The number of phenols is 1. The molecule has 0 spiro atoms. The van der Waals surface area contributed by atoms with Gasteiger partial charge in [-0.05, 0) is 53.0 Å². The second-order valence-corrected chi connectivity index (χ2v) is 7.43. The van der Waals surface area contributed by atoms with Gasteiger partial charge in [0, 0.05) is 4.88 Å². The molecule has 128 valence electrons. The van der Waals surface area contributed by atoms with E-state index in [0.29, 0.717) is 0 Å². The Hall–Kier alpha value is -2.14. The fraction of sp³-hybridized carbons (Fsp3) is 0.368. The van der Waals surface area contributed by atoms with Crippen molar-refractivity contribution in [3.63, 3.8) is 0 Å². The van der Waals surface area contributed by atoms with Crippen LogP contribution in [-0.4, -0.2) is 17.2 Å². The molecule has 5 heteroatoms. The third kappa shape index (κ3) is 4.03. The number of benzene rings is 1. The van der Waals surface area contributed by atoms with E-state index in [2.05, 4.69) is 24.4 Å². The summed E-state index contributed by atoms with van der Waals surface area (Å²) in [5.41, 5.74) is 5.71. The van der Waals surface area contributed by atoms with Gasteiger partial charge in [0.1, 0.15) is 5.75 Å². The molecule has 0 unspecified atom stereocenters. The summed E-state index contributed by atoms with van der Waals surface area (Å²) in [5.74, 6) is 0.0382. The average molecular weight is 344 g/mol. The highest BCUT2D eigenvalue weighted by atomic mass is 32.1. The SMILES string of the molecule is Cc1ccsc1C=NNC(=O)c1cc(C(C)C)cc(C(C)C)c1O. The fourth-order valence-corrected chi connectivity index (χ4v) is 3.14. The smallest absolute Gasteiger partial charge is 0.275 e. The molecule has 4 nitrogen and oxygen atoms in total. The molecule has 2 N–H and O–H groups in total. The Balaban J connectivity index is 2.28. The number of nitrogens with zero attached hydrogens (tertiary/aromatic N) is 1. The number of carbonyl (C=O) groups is 1. The Kier molecular flexibility index (Phi) is 5.78. The number of aryl methyl sites for hydroxylation is 1. The molecule has 1 aromatic carbocycles. The van der Waals surface area contributed by atoms with E-state index < -0.39 is 5.91 Å². The molecule has 2 rings (SSSR count). The molecule has 2 aromatic rings. The first-order chi connectivity index (χ1) is 11.3. The molecule has 0 aliphatic heterocycles. The lowest BCUT2D eigenvalue weighted by molar-refractivity contribution is 0.0952. The largest absolute Gasteiger partial charge is 0.507 e. The van der Waals surface area contributed by atoms with Crippen LogP contribution in [0.25, 0.3) is 0 Å². The number of nitrogens with one attached hydrogen (secondary N) is 1. The first-order valence-electron chi connectivity index (χ1n) is 8.05. The van der Waals surface area contributed by atoms with Gasteiger partial charge < -0.3 is 5.11 Å². The molecule has 0 aliphatic carbocycles. The van der Waals surface area contributed by atoms with Crippen molar-refractivity contribution >= 4 is 23.5 Å². The lowest BCUT2D eigenvalue weighted by Gasteiger charge is -2.16. The molecule has 0 atom stereocenters. The molecule has 0 saturated heterocycles. The maximum Gasteiger partial charge on any atom is 0.275 e. The third-order valence-corrected chi connectivity index (χ3v) is 4.90. The minimum atomic E-state index is -0.401. The number of amides is 1. The lowest BCUT2D eigenvalue weighted by atomic mass is 9.92. The Labute approximate surface area is 147 Å². The molecule has 24 heavy (non-hydrogen) atoms. The molecule has 0 aliphatic rings. The quantitative estimate of drug-likeness (QED) is 0.606. The Morgan fingerprint density at radius 3 is 2.50 bits per heavy atom. The van der Waals surface area contributed by atoms with Crippen molar-refractivity contribution in [1.82, 2.24) is 5.43 Å². The van der Waals surface area contributed by atoms with E-state index in [0.717, 1.165) is 21.6 Å². The predicted octanol–water partition coefficient (Wildman–Crippen LogP) is 4.77. The van der Waals surface area contributed by atoms with Crippen LogP contribution in [0.1, 0.15) is 71.5 Å². The number of hydrazone groups is 1. The van der Waals surface area contributed by atoms with Gasteiger partial charge in [-0.15, -0.1) is 11.3 Å². The zero-order valence-electron chi connectivity index (χ0n) is 14.8. The first-order valence-corrected chi connectivity index (χ1v) is 8.93. The van der Waals surface area contributed by atoms with Crippen LogP contribution in [0.3, 0.4) is 0 Å². The second kappa shape index (κ2) is 7.62. The zero-order valence-corrected chi connectivity index (χ0v) is 15.6. The van der Waals surface area contributed by atoms with Gasteiger partial charge in [0.2, 0.25) is 0 Å². The molecule has 0 fully saturated rings. The molecule has 1 aromatic heterocycles. The summed E-state index contributed by atoms with van der Waals surface area (Å²) >= 11 is 1.56. The van der Waals surface area contributed by atoms with Crippen LogP contribution in [0.15, 0.2) is 28.7 Å². The lowest BCUT2D eigenvalue weighted by Crippen LogP contribution is -2.18. The van der Waals surface area contributed by atoms with E-state index in [4.69, 9.17) is 0 Å². The van der Waals surface area contributed by atoms with Crippen molar-refractivity contribution in [2.75, 3.05) is 0 Å². The van der Waals surface area contributed by atoms with Gasteiger partial charge in [0.25, 0.3) is 5.91 Å². The average Bonchev–Trinajstić information content (AvgIpc) is 2.92. The van der Waals surface area contributed by atoms with E-state index in [1.165, 1.54) is 0 Å². The van der Waals surface area contributed by atoms with Crippen molar-refractivity contribution in [2.24, 2.45) is 5.10 Å². The molecule has 0 radical (unpaired) electrons. The molecule has 1 amide bonds. The maximum absolute atomic E-state index is 12.4. The van der Waals surface area contributed by atoms with E-state index in [9.17, 15) is 9.90 Å². The Morgan fingerprint density at radius 1 is 1.25 bits per heavy atom. The molecule has 1 heterocycles. The summed E-state index contributed by atoms with van der Waals surface area (Å²) in [6.07, 6.45) is 1.63. The summed E-state index contributed by atoms with van der Waals surface area (Å²) in [6, 6.07) is 5.72. The summed E-state index contributed by atoms with van der Waals surface area (Å²) in [4.78, 5) is 13.4. The van der Waals surface area contributed by atoms with Gasteiger partial charge in [-0.1, -0.05) is 33.8 Å². The summed E-state index contributed by atoms with van der Waals surface area (Å²) in [6.45, 7) is 10.1. The first kappa shape index (κ1) is 18.2. The van der Waals surface area contributed by atoms with Gasteiger partial charge in [-0.2, -0.15) is 5.10 Å². The van der Waals surface area contributed by atoms with Gasteiger partial charge in [0.05, 0.1) is 11.8 Å². The van der Waals surface area contributed by atoms with Crippen LogP contribution in [-0.2, 0) is 0 Å². The number of thiophene rings is 1. The second-order valence-electron chi connectivity index (χ2n) is 6.48. The van der Waals surface area contributed by atoms with E-state index in [-0.39, 0.29) is 23.1 Å². The summed E-state index contributed by atoms with van der Waals surface area (Å²) < 4.78 is 0. The van der Waals surface area contributed by atoms with Crippen LogP contribution >= 0.6 is 11.3 Å². The Morgan fingerprint density at radius 2 is 1.96 bits per heavy atom. The van der Waals surface area contributed by atoms with Crippen molar-refractivity contribution in [3.8, 4) is 5.75 Å². The highest BCUT2D eigenvalue weighted by Gasteiger charge is 2.19. The predicted molar refractivity (Wildman–Crippen MR) is 100 cm³/mol. The summed E-state index contributed by atoms with van der Waals surface area (Å²) in [7, 11) is 0. The number of aromatic hydroxyl groups is 1. The number of hydrogen-bond donors (Lipinski definition) is 2. The highest BCUT2D eigenvalue weighted by molar-refractivity contribution is 7.11. The number of phenolic OH excluding ortho intramolecular Hbond substituents is 1. The van der Waals surface area contributed by atoms with Gasteiger partial charge in [-0.3, -0.25) is 4.79 Å². The molecule has 0 saturated carbocycles. The molecule has 0 bridgehead atoms. The van der Waals surface area contributed by atoms with Gasteiger partial charge in [-0.25, -0.2) is 5.43 Å². The topological polar surface area (TPSA) is 61.7 Å². The van der Waals surface area contributed by atoms with Crippen LogP contribution in [0, 0.1) is 6.92 Å². The summed E-state index contributed by atoms with van der Waals surface area (Å²) in [5, 5.41) is 16.4. The minimum Gasteiger partial charge on any atom is -0.507 e. The van der Waals surface area contributed by atoms with Crippen molar-refractivity contribution in [2.45, 2.75) is 46.5 Å². The monoisotopic (exact) mass is 344 g/mol. The molecular formula is C19H24N2O2S. The molecular weight excluding hydrogens is 320 g/mol. The number of rotatable bonds is 5. The van der Waals surface area contributed by atoms with Crippen molar-refractivity contribution in [3.05, 3.63) is 50.7 Å². The number of hydrogen-bond acceptors (Lipinski definition) is 4. The Bertz CT molecular complexity index is 761. The van der Waals surface area contributed by atoms with E-state index in [1.807, 2.05) is 38.3 Å². The fourth-order valence-electron chi connectivity index (χ4n) is 2.35. The van der Waals surface area contributed by atoms with Crippen LogP contribution in [0.2, 0.25) is 0 Å². The number of carbonyl (C=O) groups excluding carboxylic acids is 1. The highest BCUT2D eigenvalue weighted by Crippen LogP contribution is 2.33. The van der Waals surface area contributed by atoms with Crippen molar-refractivity contribution < 1.29 is 9.90 Å². The van der Waals surface area contributed by atoms with Gasteiger partial charge >= 0.3 is 0 Å².